The summed E-state index contributed by atoms with van der Waals surface area (Å²) in [6.07, 6.45) is 2.55. The topological polar surface area (TPSA) is 15.3 Å². The van der Waals surface area contributed by atoms with Gasteiger partial charge in [0.1, 0.15) is 0 Å². The van der Waals surface area contributed by atoms with Gasteiger partial charge in [-0.2, -0.15) is 0 Å². The lowest BCUT2D eigenvalue weighted by molar-refractivity contribution is 0.284. The zero-order valence-electron chi connectivity index (χ0n) is 9.22. The zero-order valence-corrected chi connectivity index (χ0v) is 9.22. The summed E-state index contributed by atoms with van der Waals surface area (Å²) < 4.78 is 0. The van der Waals surface area contributed by atoms with Gasteiger partial charge in [0.25, 0.3) is 0 Å². The minimum atomic E-state index is 0.664. The van der Waals surface area contributed by atoms with Crippen LogP contribution in [-0.4, -0.2) is 37.6 Å². The smallest absolute Gasteiger partial charge is 0.00614 e. The second-order valence-corrected chi connectivity index (χ2v) is 3.85. The molecule has 0 aromatic heterocycles. The molecule has 0 aliphatic rings. The monoisotopic (exact) mass is 172 g/mol. The van der Waals surface area contributed by atoms with Crippen LogP contribution in [0, 0.1) is 0 Å². The van der Waals surface area contributed by atoms with Crippen LogP contribution in [0.25, 0.3) is 0 Å². The molecular formula is C10H24N2. The second-order valence-electron chi connectivity index (χ2n) is 3.85. The summed E-state index contributed by atoms with van der Waals surface area (Å²) in [7, 11) is 4.28. The molecule has 2 atom stereocenters. The summed E-state index contributed by atoms with van der Waals surface area (Å²) in [6.45, 7) is 7.77. The fourth-order valence-electron chi connectivity index (χ4n) is 1.20. The first-order chi connectivity index (χ1) is 5.57. The molecule has 0 amide bonds. The molecule has 0 heterocycles. The molecule has 12 heavy (non-hydrogen) atoms. The molecule has 0 aromatic rings. The molecule has 0 saturated heterocycles. The number of hydrogen-bond acceptors (Lipinski definition) is 2. The van der Waals surface area contributed by atoms with Gasteiger partial charge in [-0.3, -0.25) is 0 Å². The van der Waals surface area contributed by atoms with E-state index in [2.05, 4.69) is 45.1 Å². The van der Waals surface area contributed by atoms with Gasteiger partial charge >= 0.3 is 0 Å². The van der Waals surface area contributed by atoms with Crippen molar-refractivity contribution >= 4 is 0 Å². The predicted molar refractivity (Wildman–Crippen MR) is 55.5 cm³/mol. The fraction of sp³-hybridized carbons (Fsp3) is 1.00. The maximum absolute atomic E-state index is 3.42. The number of rotatable bonds is 6. The Morgan fingerprint density at radius 1 is 1.17 bits per heavy atom. The third kappa shape index (κ3) is 5.56. The van der Waals surface area contributed by atoms with Crippen molar-refractivity contribution in [1.29, 1.82) is 0 Å². The van der Waals surface area contributed by atoms with Gasteiger partial charge in [0.05, 0.1) is 0 Å². The lowest BCUT2D eigenvalue weighted by Gasteiger charge is -2.21. The Morgan fingerprint density at radius 2 is 1.75 bits per heavy atom. The minimum absolute atomic E-state index is 0.664. The molecule has 0 rings (SSSR count). The van der Waals surface area contributed by atoms with Gasteiger partial charge in [0.2, 0.25) is 0 Å². The van der Waals surface area contributed by atoms with Crippen LogP contribution in [0.3, 0.4) is 0 Å². The number of nitrogens with zero attached hydrogens (tertiary/aromatic N) is 1. The molecule has 0 aliphatic carbocycles. The summed E-state index contributed by atoms with van der Waals surface area (Å²) in [5, 5.41) is 3.42. The quantitative estimate of drug-likeness (QED) is 0.656. The van der Waals surface area contributed by atoms with E-state index in [4.69, 9.17) is 0 Å². The number of nitrogens with one attached hydrogen (secondary N) is 1. The van der Waals surface area contributed by atoms with Gasteiger partial charge in [0.15, 0.2) is 0 Å². The number of hydrogen-bond donors (Lipinski definition) is 1. The summed E-state index contributed by atoms with van der Waals surface area (Å²) >= 11 is 0. The van der Waals surface area contributed by atoms with E-state index in [1.54, 1.807) is 0 Å². The third-order valence-corrected chi connectivity index (χ3v) is 2.45. The van der Waals surface area contributed by atoms with Crippen LogP contribution in [0.15, 0.2) is 0 Å². The van der Waals surface area contributed by atoms with Crippen LogP contribution >= 0.6 is 0 Å². The lowest BCUT2D eigenvalue weighted by atomic mass is 10.1. The summed E-state index contributed by atoms with van der Waals surface area (Å²) in [6, 6.07) is 1.36. The molecule has 2 heteroatoms. The van der Waals surface area contributed by atoms with Crippen molar-refractivity contribution in [2.75, 3.05) is 20.6 Å². The van der Waals surface area contributed by atoms with E-state index in [0.29, 0.717) is 12.1 Å². The predicted octanol–water partition coefficient (Wildman–Crippen LogP) is 1.71. The highest BCUT2D eigenvalue weighted by Gasteiger charge is 2.06. The van der Waals surface area contributed by atoms with Crippen LogP contribution < -0.4 is 5.32 Å². The van der Waals surface area contributed by atoms with E-state index in [1.807, 2.05) is 0 Å². The second kappa shape index (κ2) is 6.44. The van der Waals surface area contributed by atoms with Gasteiger partial charge in [-0.05, 0) is 47.3 Å². The molecule has 0 aromatic carbocycles. The van der Waals surface area contributed by atoms with Crippen LogP contribution in [0.4, 0.5) is 0 Å². The highest BCUT2D eigenvalue weighted by Crippen LogP contribution is 2.04. The standard InChI is InChI=1S/C10H24N2/c1-6-11-9(2)7-8-10(3)12(4)5/h9-11H,6-8H2,1-5H3. The molecule has 0 spiro atoms. The molecule has 2 nitrogen and oxygen atoms in total. The Morgan fingerprint density at radius 3 is 2.17 bits per heavy atom. The van der Waals surface area contributed by atoms with Gasteiger partial charge in [-0.15, -0.1) is 0 Å². The highest BCUT2D eigenvalue weighted by atomic mass is 15.1. The molecule has 0 radical (unpaired) electrons. The third-order valence-electron chi connectivity index (χ3n) is 2.45. The van der Waals surface area contributed by atoms with Crippen molar-refractivity contribution in [2.45, 2.75) is 45.7 Å². The van der Waals surface area contributed by atoms with Crippen LogP contribution in [0.5, 0.6) is 0 Å². The first-order valence-electron chi connectivity index (χ1n) is 4.97. The average Bonchev–Trinajstić information content (AvgIpc) is 2.00. The summed E-state index contributed by atoms with van der Waals surface area (Å²) in [5.41, 5.74) is 0. The Hall–Kier alpha value is -0.0800. The Labute approximate surface area is 77.3 Å². The van der Waals surface area contributed by atoms with E-state index in [9.17, 15) is 0 Å². The molecule has 1 N–H and O–H groups in total. The van der Waals surface area contributed by atoms with Crippen molar-refractivity contribution in [3.05, 3.63) is 0 Å². The maximum Gasteiger partial charge on any atom is 0.00614 e. The molecule has 74 valence electrons. The van der Waals surface area contributed by atoms with Gasteiger partial charge in [-0.1, -0.05) is 6.92 Å². The van der Waals surface area contributed by atoms with Gasteiger partial charge < -0.3 is 10.2 Å². The van der Waals surface area contributed by atoms with E-state index in [-0.39, 0.29) is 0 Å². The first kappa shape index (κ1) is 11.9. The van der Waals surface area contributed by atoms with Crippen LogP contribution in [0.2, 0.25) is 0 Å². The van der Waals surface area contributed by atoms with E-state index >= 15 is 0 Å². The van der Waals surface area contributed by atoms with Crippen molar-refractivity contribution in [2.24, 2.45) is 0 Å². The Kier molecular flexibility index (Phi) is 6.39. The molecule has 2 unspecified atom stereocenters. The van der Waals surface area contributed by atoms with Crippen molar-refractivity contribution in [3.63, 3.8) is 0 Å². The normalized spacial score (nSPS) is 16.5. The molecule has 0 saturated carbocycles. The van der Waals surface area contributed by atoms with Crippen molar-refractivity contribution < 1.29 is 0 Å². The van der Waals surface area contributed by atoms with Crippen molar-refractivity contribution in [1.82, 2.24) is 10.2 Å². The van der Waals surface area contributed by atoms with Crippen LogP contribution in [0.1, 0.15) is 33.6 Å². The molecular weight excluding hydrogens is 148 g/mol. The summed E-state index contributed by atoms with van der Waals surface area (Å²) in [5.74, 6) is 0. The Bertz CT molecular complexity index is 102. The van der Waals surface area contributed by atoms with E-state index in [1.165, 1.54) is 12.8 Å². The largest absolute Gasteiger partial charge is 0.315 e. The highest BCUT2D eigenvalue weighted by molar-refractivity contribution is 4.65. The van der Waals surface area contributed by atoms with E-state index in [0.717, 1.165) is 6.54 Å². The first-order valence-corrected chi connectivity index (χ1v) is 4.97. The molecule has 0 aliphatic heterocycles. The lowest BCUT2D eigenvalue weighted by Crippen LogP contribution is -2.30. The minimum Gasteiger partial charge on any atom is -0.315 e. The van der Waals surface area contributed by atoms with Crippen molar-refractivity contribution in [3.8, 4) is 0 Å². The zero-order chi connectivity index (χ0) is 9.56. The Balaban J connectivity index is 3.40. The summed E-state index contributed by atoms with van der Waals surface area (Å²) in [4.78, 5) is 2.28. The fourth-order valence-corrected chi connectivity index (χ4v) is 1.20. The van der Waals surface area contributed by atoms with Gasteiger partial charge in [0, 0.05) is 12.1 Å². The van der Waals surface area contributed by atoms with Gasteiger partial charge in [-0.25, -0.2) is 0 Å². The SMILES string of the molecule is CCNC(C)CCC(C)N(C)C. The molecule has 0 bridgehead atoms. The average molecular weight is 172 g/mol. The maximum atomic E-state index is 3.42. The van der Waals surface area contributed by atoms with E-state index < -0.39 is 0 Å². The molecule has 0 fully saturated rings. The van der Waals surface area contributed by atoms with Crippen LogP contribution in [-0.2, 0) is 0 Å².